The largest absolute Gasteiger partial charge is 0.497 e. The van der Waals surface area contributed by atoms with Crippen LogP contribution in [0.15, 0.2) is 29.6 Å². The predicted molar refractivity (Wildman–Crippen MR) is 92.8 cm³/mol. The van der Waals surface area contributed by atoms with Crippen LogP contribution in [-0.4, -0.2) is 37.6 Å². The lowest BCUT2D eigenvalue weighted by atomic mass is 10.2. The molecule has 2 rings (SSSR count). The fourth-order valence-corrected chi connectivity index (χ4v) is 3.17. The molecule has 1 aromatic heterocycles. The van der Waals surface area contributed by atoms with E-state index in [0.717, 1.165) is 33.5 Å². The number of ether oxygens (including phenoxy) is 1. The van der Waals surface area contributed by atoms with Crippen molar-refractivity contribution in [3.63, 3.8) is 0 Å². The van der Waals surface area contributed by atoms with E-state index in [2.05, 4.69) is 15.7 Å². The molecule has 0 saturated heterocycles. The summed E-state index contributed by atoms with van der Waals surface area (Å²) in [7, 11) is 3.67. The maximum Gasteiger partial charge on any atom is 0.275 e. The molecule has 0 aliphatic carbocycles. The van der Waals surface area contributed by atoms with Gasteiger partial charge in [-0.15, -0.1) is 11.3 Å². The summed E-state index contributed by atoms with van der Waals surface area (Å²) in [6, 6.07) is 8.05. The molecule has 0 spiro atoms. The molecule has 0 radical (unpaired) electrons. The minimum Gasteiger partial charge on any atom is -0.497 e. The third-order valence-electron chi connectivity index (χ3n) is 3.30. The summed E-state index contributed by atoms with van der Waals surface area (Å²) in [6.45, 7) is 5.13. The number of thiazole rings is 1. The quantitative estimate of drug-likeness (QED) is 0.804. The van der Waals surface area contributed by atoms with E-state index in [0.29, 0.717) is 6.54 Å². The fraction of sp³-hybridized carbons (Fsp3) is 0.412. The first kappa shape index (κ1) is 17.4. The van der Waals surface area contributed by atoms with E-state index in [1.54, 1.807) is 18.4 Å². The van der Waals surface area contributed by atoms with Crippen molar-refractivity contribution in [1.82, 2.24) is 10.3 Å². The molecule has 1 amide bonds. The van der Waals surface area contributed by atoms with Crippen molar-refractivity contribution in [2.45, 2.75) is 26.4 Å². The Morgan fingerprint density at radius 1 is 1.35 bits per heavy atom. The van der Waals surface area contributed by atoms with Crippen LogP contribution in [0.5, 0.6) is 5.75 Å². The molecule has 0 aliphatic heterocycles. The number of carbonyl (C=O) groups excluding carboxylic acids is 1. The Morgan fingerprint density at radius 3 is 2.65 bits per heavy atom. The zero-order chi connectivity index (χ0) is 16.8. The van der Waals surface area contributed by atoms with Crippen molar-refractivity contribution in [2.75, 3.05) is 20.7 Å². The maximum absolute atomic E-state index is 11.8. The highest BCUT2D eigenvalue weighted by molar-refractivity contribution is 7.09. The number of aromatic nitrogens is 1. The first-order valence-corrected chi connectivity index (χ1v) is 8.55. The van der Waals surface area contributed by atoms with Crippen LogP contribution in [-0.2, 0) is 11.3 Å². The van der Waals surface area contributed by atoms with Gasteiger partial charge >= 0.3 is 0 Å². The molecule has 2 aromatic rings. The SMILES string of the molecule is COc1ccc(-c2csc(C[NH+](C)CC(=O)NC(C)C)n2)cc1. The van der Waals surface area contributed by atoms with E-state index in [1.165, 1.54) is 0 Å². The lowest BCUT2D eigenvalue weighted by molar-refractivity contribution is -0.885. The van der Waals surface area contributed by atoms with Gasteiger partial charge in [-0.1, -0.05) is 0 Å². The highest BCUT2D eigenvalue weighted by Crippen LogP contribution is 2.23. The smallest absolute Gasteiger partial charge is 0.275 e. The third-order valence-corrected chi connectivity index (χ3v) is 4.15. The van der Waals surface area contributed by atoms with Gasteiger partial charge in [0, 0.05) is 17.0 Å². The van der Waals surface area contributed by atoms with Gasteiger partial charge in [-0.3, -0.25) is 4.79 Å². The Bertz CT molecular complexity index is 638. The van der Waals surface area contributed by atoms with Crippen LogP contribution in [0.1, 0.15) is 18.9 Å². The number of amides is 1. The molecule has 1 heterocycles. The maximum atomic E-state index is 11.8. The number of carbonyl (C=O) groups is 1. The monoisotopic (exact) mass is 334 g/mol. The van der Waals surface area contributed by atoms with Crippen molar-refractivity contribution in [1.29, 1.82) is 0 Å². The van der Waals surface area contributed by atoms with Crippen LogP contribution in [0.2, 0.25) is 0 Å². The zero-order valence-corrected chi connectivity index (χ0v) is 14.9. The van der Waals surface area contributed by atoms with Crippen molar-refractivity contribution in [2.24, 2.45) is 0 Å². The summed E-state index contributed by atoms with van der Waals surface area (Å²) in [5, 5.41) is 6.00. The number of benzene rings is 1. The van der Waals surface area contributed by atoms with Gasteiger partial charge < -0.3 is 15.0 Å². The van der Waals surface area contributed by atoms with Crippen molar-refractivity contribution >= 4 is 17.2 Å². The summed E-state index contributed by atoms with van der Waals surface area (Å²) in [5.74, 6) is 0.911. The number of nitrogens with one attached hydrogen (secondary N) is 2. The number of hydrogen-bond acceptors (Lipinski definition) is 4. The predicted octanol–water partition coefficient (Wildman–Crippen LogP) is 1.36. The van der Waals surface area contributed by atoms with Gasteiger partial charge in [0.2, 0.25) is 0 Å². The van der Waals surface area contributed by atoms with Crippen LogP contribution in [0.25, 0.3) is 11.3 Å². The second kappa shape index (κ2) is 8.08. The summed E-state index contributed by atoms with van der Waals surface area (Å²) >= 11 is 1.63. The van der Waals surface area contributed by atoms with E-state index in [1.807, 2.05) is 45.2 Å². The van der Waals surface area contributed by atoms with Crippen LogP contribution < -0.4 is 15.0 Å². The first-order chi connectivity index (χ1) is 11.0. The molecule has 0 bridgehead atoms. The normalized spacial score (nSPS) is 12.2. The van der Waals surface area contributed by atoms with Gasteiger partial charge in [0.1, 0.15) is 17.3 Å². The molecule has 1 unspecified atom stereocenters. The molecule has 124 valence electrons. The van der Waals surface area contributed by atoms with E-state index in [9.17, 15) is 4.79 Å². The average molecular weight is 334 g/mol. The fourth-order valence-electron chi connectivity index (χ4n) is 2.25. The van der Waals surface area contributed by atoms with Crippen molar-refractivity contribution in [3.8, 4) is 17.0 Å². The number of hydrogen-bond donors (Lipinski definition) is 2. The Hall–Kier alpha value is -1.92. The second-order valence-electron chi connectivity index (χ2n) is 5.89. The topological polar surface area (TPSA) is 55.7 Å². The van der Waals surface area contributed by atoms with E-state index < -0.39 is 0 Å². The van der Waals surface area contributed by atoms with Crippen molar-refractivity contribution in [3.05, 3.63) is 34.7 Å². The molecule has 1 aromatic carbocycles. The van der Waals surface area contributed by atoms with Crippen LogP contribution >= 0.6 is 11.3 Å². The van der Waals surface area contributed by atoms with Gasteiger partial charge in [-0.05, 0) is 38.1 Å². The summed E-state index contributed by atoms with van der Waals surface area (Å²) < 4.78 is 5.17. The number of nitrogens with zero attached hydrogens (tertiary/aromatic N) is 1. The molecule has 0 saturated carbocycles. The van der Waals surface area contributed by atoms with Crippen LogP contribution in [0.4, 0.5) is 0 Å². The standard InChI is InChI=1S/C17H23N3O2S/c1-12(2)18-16(21)9-20(3)10-17-19-15(11-23-17)13-5-7-14(22-4)8-6-13/h5-8,11-12H,9-10H2,1-4H3,(H,18,21)/p+1. The molecular weight excluding hydrogens is 310 g/mol. The molecule has 23 heavy (non-hydrogen) atoms. The van der Waals surface area contributed by atoms with Gasteiger partial charge in [-0.25, -0.2) is 4.98 Å². The number of methoxy groups -OCH3 is 1. The van der Waals surface area contributed by atoms with E-state index >= 15 is 0 Å². The van der Waals surface area contributed by atoms with Crippen LogP contribution in [0, 0.1) is 0 Å². The molecular formula is C17H24N3O2S+. The van der Waals surface area contributed by atoms with Crippen LogP contribution in [0.3, 0.4) is 0 Å². The number of rotatable bonds is 7. The van der Waals surface area contributed by atoms with Gasteiger partial charge in [0.25, 0.3) is 5.91 Å². The highest BCUT2D eigenvalue weighted by atomic mass is 32.1. The summed E-state index contributed by atoms with van der Waals surface area (Å²) in [4.78, 5) is 17.6. The summed E-state index contributed by atoms with van der Waals surface area (Å²) in [6.07, 6.45) is 0. The Kier molecular flexibility index (Phi) is 6.12. The number of likely N-dealkylation sites (N-methyl/N-ethyl adjacent to an activating group) is 1. The molecule has 0 fully saturated rings. The lowest BCUT2D eigenvalue weighted by Gasteiger charge is -2.13. The average Bonchev–Trinajstić information content (AvgIpc) is 2.94. The zero-order valence-electron chi connectivity index (χ0n) is 14.1. The summed E-state index contributed by atoms with van der Waals surface area (Å²) in [5.41, 5.74) is 2.04. The molecule has 2 N–H and O–H groups in total. The number of quaternary nitrogens is 1. The second-order valence-corrected chi connectivity index (χ2v) is 6.83. The minimum absolute atomic E-state index is 0.0735. The molecule has 6 heteroatoms. The Morgan fingerprint density at radius 2 is 2.04 bits per heavy atom. The highest BCUT2D eigenvalue weighted by Gasteiger charge is 2.14. The molecule has 0 aliphatic rings. The van der Waals surface area contributed by atoms with Gasteiger partial charge in [-0.2, -0.15) is 0 Å². The Labute approximate surface area is 141 Å². The Balaban J connectivity index is 1.94. The molecule has 5 nitrogen and oxygen atoms in total. The van der Waals surface area contributed by atoms with Crippen molar-refractivity contribution < 1.29 is 14.4 Å². The lowest BCUT2D eigenvalue weighted by Crippen LogP contribution is -3.09. The van der Waals surface area contributed by atoms with Gasteiger partial charge in [0.05, 0.1) is 19.9 Å². The minimum atomic E-state index is 0.0735. The first-order valence-electron chi connectivity index (χ1n) is 7.67. The van der Waals surface area contributed by atoms with E-state index in [4.69, 9.17) is 4.74 Å². The van der Waals surface area contributed by atoms with Gasteiger partial charge in [0.15, 0.2) is 6.54 Å². The third kappa shape index (κ3) is 5.33. The van der Waals surface area contributed by atoms with E-state index in [-0.39, 0.29) is 11.9 Å². The molecule has 1 atom stereocenters.